The third-order valence-electron chi connectivity index (χ3n) is 3.99. The van der Waals surface area contributed by atoms with Crippen molar-refractivity contribution in [2.45, 2.75) is 38.8 Å². The van der Waals surface area contributed by atoms with Crippen LogP contribution < -0.4 is 11.5 Å². The maximum Gasteiger partial charge on any atom is 0.0529 e. The molecule has 2 heteroatoms. The molecule has 0 heterocycles. The molecular weight excluding hydrogens is 220 g/mol. The van der Waals surface area contributed by atoms with E-state index in [2.05, 4.69) is 50.3 Å². The zero-order valence-electron chi connectivity index (χ0n) is 11.6. The number of rotatable bonds is 0. The molecule has 18 heavy (non-hydrogen) atoms. The molecule has 0 saturated heterocycles. The molecule has 0 fully saturated rings. The number of hydrogen-bond acceptors (Lipinski definition) is 2. The molecule has 0 aromatic carbocycles. The van der Waals surface area contributed by atoms with Crippen LogP contribution in [0.1, 0.15) is 27.7 Å². The molecule has 0 saturated carbocycles. The summed E-state index contributed by atoms with van der Waals surface area (Å²) in [6.45, 7) is 8.18. The molecule has 0 bridgehead atoms. The second kappa shape index (κ2) is 4.08. The maximum absolute atomic E-state index is 6.15. The van der Waals surface area contributed by atoms with Crippen molar-refractivity contribution >= 4 is 0 Å². The average molecular weight is 242 g/mol. The van der Waals surface area contributed by atoms with Gasteiger partial charge in [-0.15, -0.1) is 0 Å². The molecule has 2 rings (SSSR count). The van der Waals surface area contributed by atoms with Crippen molar-refractivity contribution in [3.8, 4) is 0 Å². The van der Waals surface area contributed by atoms with E-state index in [1.165, 1.54) is 22.3 Å². The number of allylic oxidation sites excluding steroid dienone is 6. The van der Waals surface area contributed by atoms with Crippen LogP contribution in [0.25, 0.3) is 0 Å². The molecule has 0 aliphatic heterocycles. The molecule has 0 aromatic heterocycles. The van der Waals surface area contributed by atoms with Gasteiger partial charge in [-0.1, -0.05) is 36.5 Å². The fraction of sp³-hybridized carbons (Fsp3) is 0.375. The highest BCUT2D eigenvalue weighted by Crippen LogP contribution is 2.29. The first-order valence-corrected chi connectivity index (χ1v) is 6.30. The molecule has 2 nitrogen and oxygen atoms in total. The topological polar surface area (TPSA) is 52.0 Å². The predicted molar refractivity (Wildman–Crippen MR) is 78.0 cm³/mol. The summed E-state index contributed by atoms with van der Waals surface area (Å²) in [6, 6.07) is 0. The second-order valence-corrected chi connectivity index (χ2v) is 5.80. The highest BCUT2D eigenvalue weighted by Gasteiger charge is 2.23. The van der Waals surface area contributed by atoms with E-state index < -0.39 is 0 Å². The van der Waals surface area contributed by atoms with E-state index in [0.717, 1.165) is 0 Å². The van der Waals surface area contributed by atoms with Gasteiger partial charge in [0.2, 0.25) is 0 Å². The van der Waals surface area contributed by atoms with Crippen LogP contribution in [0.5, 0.6) is 0 Å². The molecule has 0 radical (unpaired) electrons. The van der Waals surface area contributed by atoms with Gasteiger partial charge in [-0.25, -0.2) is 0 Å². The summed E-state index contributed by atoms with van der Waals surface area (Å²) in [5, 5.41) is 0. The van der Waals surface area contributed by atoms with Gasteiger partial charge < -0.3 is 11.5 Å². The third kappa shape index (κ3) is 2.26. The Labute approximate surface area is 109 Å². The van der Waals surface area contributed by atoms with Crippen LogP contribution in [0.2, 0.25) is 0 Å². The first-order chi connectivity index (χ1) is 8.22. The summed E-state index contributed by atoms with van der Waals surface area (Å²) in [5.74, 6) is 0. The van der Waals surface area contributed by atoms with Gasteiger partial charge >= 0.3 is 0 Å². The molecule has 4 N–H and O–H groups in total. The van der Waals surface area contributed by atoms with Crippen molar-refractivity contribution in [1.29, 1.82) is 0 Å². The summed E-state index contributed by atoms with van der Waals surface area (Å²) in [6.07, 6.45) is 12.6. The van der Waals surface area contributed by atoms with Gasteiger partial charge in [-0.2, -0.15) is 0 Å². The highest BCUT2D eigenvalue weighted by molar-refractivity contribution is 5.56. The minimum Gasteiger partial charge on any atom is -0.319 e. The molecule has 0 aromatic rings. The lowest BCUT2D eigenvalue weighted by molar-refractivity contribution is 0.675. The molecular formula is C16H22N2. The number of nitrogens with two attached hydrogens (primary N) is 2. The predicted octanol–water partition coefficient (Wildman–Crippen LogP) is 2.75. The Morgan fingerprint density at radius 3 is 1.39 bits per heavy atom. The van der Waals surface area contributed by atoms with Gasteiger partial charge in [0.05, 0.1) is 11.1 Å². The Morgan fingerprint density at radius 1 is 0.778 bits per heavy atom. The lowest BCUT2D eigenvalue weighted by atomic mass is 9.82. The Kier molecular flexibility index (Phi) is 2.96. The molecule has 2 unspecified atom stereocenters. The van der Waals surface area contributed by atoms with Crippen molar-refractivity contribution in [1.82, 2.24) is 0 Å². The maximum atomic E-state index is 6.15. The summed E-state index contributed by atoms with van der Waals surface area (Å²) in [5.41, 5.74) is 16.4. The van der Waals surface area contributed by atoms with E-state index in [-0.39, 0.29) is 11.1 Å². The lowest BCUT2D eigenvalue weighted by Crippen LogP contribution is -2.37. The first kappa shape index (κ1) is 13.1. The number of hydrogen-bond donors (Lipinski definition) is 2. The average Bonchev–Trinajstić information content (AvgIpc) is 2.26. The van der Waals surface area contributed by atoms with Gasteiger partial charge in [-0.05, 0) is 50.0 Å². The van der Waals surface area contributed by atoms with Crippen LogP contribution in [-0.4, -0.2) is 11.1 Å². The van der Waals surface area contributed by atoms with Gasteiger partial charge in [0.1, 0.15) is 0 Å². The molecule has 2 aliphatic carbocycles. The minimum atomic E-state index is -0.330. The van der Waals surface area contributed by atoms with E-state index in [9.17, 15) is 0 Å². The van der Waals surface area contributed by atoms with E-state index in [0.29, 0.717) is 0 Å². The summed E-state index contributed by atoms with van der Waals surface area (Å²) in [7, 11) is 0. The fourth-order valence-corrected chi connectivity index (χ4v) is 2.02. The van der Waals surface area contributed by atoms with Crippen molar-refractivity contribution in [3.63, 3.8) is 0 Å². The molecule has 2 aliphatic rings. The van der Waals surface area contributed by atoms with Crippen molar-refractivity contribution in [2.24, 2.45) is 11.5 Å². The van der Waals surface area contributed by atoms with Crippen LogP contribution in [0.4, 0.5) is 0 Å². The quantitative estimate of drug-likeness (QED) is 0.686. The van der Waals surface area contributed by atoms with E-state index >= 15 is 0 Å². The zero-order chi connectivity index (χ0) is 13.6. The molecule has 2 atom stereocenters. The van der Waals surface area contributed by atoms with Gasteiger partial charge in [-0.3, -0.25) is 0 Å². The molecule has 96 valence electrons. The summed E-state index contributed by atoms with van der Waals surface area (Å²) < 4.78 is 0. The van der Waals surface area contributed by atoms with Crippen LogP contribution >= 0.6 is 0 Å². The monoisotopic (exact) mass is 242 g/mol. The smallest absolute Gasteiger partial charge is 0.0529 e. The van der Waals surface area contributed by atoms with Gasteiger partial charge in [0.15, 0.2) is 0 Å². The van der Waals surface area contributed by atoms with Gasteiger partial charge in [0, 0.05) is 0 Å². The fourth-order valence-electron chi connectivity index (χ4n) is 2.02. The summed E-state index contributed by atoms with van der Waals surface area (Å²) in [4.78, 5) is 0. The molecule has 0 spiro atoms. The highest BCUT2D eigenvalue weighted by atomic mass is 14.7. The van der Waals surface area contributed by atoms with Crippen LogP contribution in [0.3, 0.4) is 0 Å². The standard InChI is InChI=1S/C16H22N2/c1-11-9-13(5-7-15(11,3)17)14-6-8-16(4,18)12(2)10-14/h5-10H,17-18H2,1-4H3/b14-13+. The Bertz CT molecular complexity index is 475. The Morgan fingerprint density at radius 2 is 1.11 bits per heavy atom. The Balaban J connectivity index is 2.43. The van der Waals surface area contributed by atoms with Crippen molar-refractivity contribution < 1.29 is 0 Å². The molecule has 0 amide bonds. The van der Waals surface area contributed by atoms with Crippen LogP contribution in [-0.2, 0) is 0 Å². The largest absolute Gasteiger partial charge is 0.319 e. The van der Waals surface area contributed by atoms with E-state index in [1.807, 2.05) is 13.8 Å². The zero-order valence-corrected chi connectivity index (χ0v) is 11.6. The van der Waals surface area contributed by atoms with E-state index in [1.54, 1.807) is 0 Å². The van der Waals surface area contributed by atoms with Crippen molar-refractivity contribution in [3.05, 3.63) is 58.7 Å². The minimum absolute atomic E-state index is 0.330. The SMILES string of the molecule is CC1=C/C(=C2\C=CC(C)(N)C(C)=C2)C=CC1(C)N. The van der Waals surface area contributed by atoms with Crippen LogP contribution in [0, 0.1) is 0 Å². The lowest BCUT2D eigenvalue weighted by Gasteiger charge is -2.28. The first-order valence-electron chi connectivity index (χ1n) is 6.30. The van der Waals surface area contributed by atoms with Crippen LogP contribution in [0.15, 0.2) is 58.7 Å². The summed E-state index contributed by atoms with van der Waals surface area (Å²) >= 11 is 0. The normalized spacial score (nSPS) is 39.7. The second-order valence-electron chi connectivity index (χ2n) is 5.80. The van der Waals surface area contributed by atoms with Crippen molar-refractivity contribution in [2.75, 3.05) is 0 Å². The third-order valence-corrected chi connectivity index (χ3v) is 3.99. The van der Waals surface area contributed by atoms with E-state index in [4.69, 9.17) is 11.5 Å². The Hall–Kier alpha value is -1.38. The van der Waals surface area contributed by atoms with Gasteiger partial charge in [0.25, 0.3) is 0 Å².